The maximum atomic E-state index is 11.7. The van der Waals surface area contributed by atoms with E-state index in [1.54, 1.807) is 13.8 Å². The smallest absolute Gasteiger partial charge is 0.333 e. The molecule has 0 heterocycles. The van der Waals surface area contributed by atoms with Crippen molar-refractivity contribution >= 4 is 23.8 Å². The largest absolute Gasteiger partial charge is 0.462 e. The molecule has 0 aromatic heterocycles. The van der Waals surface area contributed by atoms with Crippen LogP contribution in [-0.4, -0.2) is 62.9 Å². The minimum Gasteiger partial charge on any atom is -0.462 e. The lowest BCUT2D eigenvalue weighted by Gasteiger charge is -2.24. The zero-order valence-corrected chi connectivity index (χ0v) is 16.4. The average molecular weight is 387 g/mol. The maximum absolute atomic E-state index is 11.7. The summed E-state index contributed by atoms with van der Waals surface area (Å²) >= 11 is 0. The number of esters is 3. The minimum absolute atomic E-state index is 0.0113. The molecule has 0 unspecified atom stereocenters. The van der Waals surface area contributed by atoms with Crippen LogP contribution in [0.5, 0.6) is 0 Å². The Hall–Kier alpha value is -2.42. The van der Waals surface area contributed by atoms with E-state index in [1.807, 2.05) is 0 Å². The van der Waals surface area contributed by atoms with Crippen molar-refractivity contribution in [2.75, 3.05) is 33.5 Å². The number of nitrogens with one attached hydrogen (secondary N) is 1. The number of hydrogen-bond acceptors (Lipinski definition) is 8. The lowest BCUT2D eigenvalue weighted by atomic mass is 10.1. The van der Waals surface area contributed by atoms with Gasteiger partial charge in [0.05, 0.1) is 19.4 Å². The zero-order chi connectivity index (χ0) is 20.9. The van der Waals surface area contributed by atoms with Crippen LogP contribution >= 0.6 is 0 Å². The third-order valence-corrected chi connectivity index (χ3v) is 3.02. The predicted octanol–water partition coefficient (Wildman–Crippen LogP) is 0.904. The van der Waals surface area contributed by atoms with Crippen LogP contribution in [0.2, 0.25) is 0 Å². The first-order valence-electron chi connectivity index (χ1n) is 8.53. The molecule has 9 nitrogen and oxygen atoms in total. The van der Waals surface area contributed by atoms with Gasteiger partial charge in [-0.3, -0.25) is 14.4 Å². The molecule has 27 heavy (non-hydrogen) atoms. The highest BCUT2D eigenvalue weighted by molar-refractivity contribution is 5.87. The number of carbonyl (C=O) groups excluding carboxylic acids is 4. The summed E-state index contributed by atoms with van der Waals surface area (Å²) in [6.45, 7) is 8.56. The lowest BCUT2D eigenvalue weighted by molar-refractivity contribution is -0.160. The van der Waals surface area contributed by atoms with Gasteiger partial charge >= 0.3 is 17.9 Å². The molecule has 1 amide bonds. The van der Waals surface area contributed by atoms with E-state index in [0.29, 0.717) is 0 Å². The Morgan fingerprint density at radius 3 is 2.19 bits per heavy atom. The number of methoxy groups -OCH3 is 1. The van der Waals surface area contributed by atoms with Gasteiger partial charge in [-0.15, -0.1) is 0 Å². The summed E-state index contributed by atoms with van der Waals surface area (Å²) in [5.74, 6) is -1.99. The Kier molecular flexibility index (Phi) is 11.7. The Morgan fingerprint density at radius 1 is 0.963 bits per heavy atom. The topological polar surface area (TPSA) is 117 Å². The predicted molar refractivity (Wildman–Crippen MR) is 95.6 cm³/mol. The highest BCUT2D eigenvalue weighted by Crippen LogP contribution is 2.10. The van der Waals surface area contributed by atoms with Gasteiger partial charge < -0.3 is 24.3 Å². The van der Waals surface area contributed by atoms with Gasteiger partial charge in [-0.05, 0) is 20.8 Å². The average Bonchev–Trinajstić information content (AvgIpc) is 2.55. The van der Waals surface area contributed by atoms with Crippen LogP contribution in [0.25, 0.3) is 0 Å². The molecule has 154 valence electrons. The van der Waals surface area contributed by atoms with E-state index in [-0.39, 0.29) is 57.1 Å². The second-order valence-electron chi connectivity index (χ2n) is 6.40. The molecule has 0 saturated carbocycles. The number of hydrogen-bond donors (Lipinski definition) is 1. The summed E-state index contributed by atoms with van der Waals surface area (Å²) in [7, 11) is 1.51. The van der Waals surface area contributed by atoms with Crippen molar-refractivity contribution in [3.8, 4) is 0 Å². The van der Waals surface area contributed by atoms with Crippen molar-refractivity contribution < 1.29 is 38.1 Å². The summed E-state index contributed by atoms with van der Waals surface area (Å²) in [5, 5.41) is 2.52. The molecule has 0 fully saturated rings. The fourth-order valence-electron chi connectivity index (χ4n) is 1.83. The number of rotatable bonds is 13. The van der Waals surface area contributed by atoms with Gasteiger partial charge in [-0.2, -0.15) is 0 Å². The Labute approximate surface area is 159 Å². The summed E-state index contributed by atoms with van der Waals surface area (Å²) in [6, 6.07) is 0. The van der Waals surface area contributed by atoms with Gasteiger partial charge in [0.1, 0.15) is 18.8 Å². The van der Waals surface area contributed by atoms with Crippen molar-refractivity contribution in [1.29, 1.82) is 0 Å². The van der Waals surface area contributed by atoms with Crippen molar-refractivity contribution in [1.82, 2.24) is 5.32 Å². The minimum atomic E-state index is -0.738. The fourth-order valence-corrected chi connectivity index (χ4v) is 1.83. The van der Waals surface area contributed by atoms with Crippen LogP contribution in [0.15, 0.2) is 12.2 Å². The first-order valence-corrected chi connectivity index (χ1v) is 8.53. The maximum Gasteiger partial charge on any atom is 0.333 e. The standard InChI is InChI=1S/C18H29NO8/c1-13(2)17(23)26-11-10-25-15(21)7-6-14(20)19-9-8-16(22)27-18(3,4)12-24-5/h1,6-12H2,2-5H3,(H,19,20). The van der Waals surface area contributed by atoms with Crippen LogP contribution in [0.3, 0.4) is 0 Å². The third-order valence-electron chi connectivity index (χ3n) is 3.02. The van der Waals surface area contributed by atoms with Gasteiger partial charge in [0, 0.05) is 25.6 Å². The molecule has 0 aromatic rings. The SMILES string of the molecule is C=C(C)C(=O)OCCOC(=O)CCC(=O)NCCC(=O)OC(C)(C)COC. The summed E-state index contributed by atoms with van der Waals surface area (Å²) < 4.78 is 19.7. The number of carbonyl (C=O) groups is 4. The fraction of sp³-hybridized carbons (Fsp3) is 0.667. The van der Waals surface area contributed by atoms with Crippen molar-refractivity contribution in [2.24, 2.45) is 0 Å². The first-order chi connectivity index (χ1) is 12.6. The summed E-state index contributed by atoms with van der Waals surface area (Å²) in [4.78, 5) is 45.9. The van der Waals surface area contributed by atoms with Gasteiger partial charge in [0.2, 0.25) is 5.91 Å². The monoisotopic (exact) mass is 387 g/mol. The molecule has 0 aliphatic rings. The molecular formula is C18H29NO8. The molecule has 1 N–H and O–H groups in total. The lowest BCUT2D eigenvalue weighted by Crippen LogP contribution is -2.34. The van der Waals surface area contributed by atoms with E-state index in [0.717, 1.165) is 0 Å². The van der Waals surface area contributed by atoms with Crippen molar-refractivity contribution in [2.45, 2.75) is 45.6 Å². The Balaban J connectivity index is 3.81. The van der Waals surface area contributed by atoms with Crippen molar-refractivity contribution in [3.63, 3.8) is 0 Å². The first kappa shape index (κ1) is 24.6. The normalized spacial score (nSPS) is 10.7. The summed E-state index contributed by atoms with van der Waals surface area (Å²) in [6.07, 6.45) is -0.183. The van der Waals surface area contributed by atoms with Gasteiger partial charge in [0.25, 0.3) is 0 Å². The van der Waals surface area contributed by atoms with E-state index in [1.165, 1.54) is 14.0 Å². The van der Waals surface area contributed by atoms with Crippen LogP contribution in [0, 0.1) is 0 Å². The van der Waals surface area contributed by atoms with E-state index >= 15 is 0 Å². The molecule has 0 spiro atoms. The van der Waals surface area contributed by atoms with E-state index in [4.69, 9.17) is 18.9 Å². The Bertz CT molecular complexity index is 541. The zero-order valence-electron chi connectivity index (χ0n) is 16.4. The second-order valence-corrected chi connectivity index (χ2v) is 6.40. The van der Waals surface area contributed by atoms with Crippen LogP contribution in [0.4, 0.5) is 0 Å². The molecule has 0 radical (unpaired) electrons. The van der Waals surface area contributed by atoms with E-state index in [2.05, 4.69) is 11.9 Å². The summed E-state index contributed by atoms with van der Waals surface area (Å²) in [5.41, 5.74) is -0.484. The molecule has 0 aliphatic carbocycles. The highest BCUT2D eigenvalue weighted by atomic mass is 16.6. The van der Waals surface area contributed by atoms with Crippen LogP contribution in [0.1, 0.15) is 40.0 Å². The molecule has 0 saturated heterocycles. The molecule has 0 bridgehead atoms. The van der Waals surface area contributed by atoms with Gasteiger partial charge in [-0.25, -0.2) is 4.79 Å². The number of amides is 1. The second kappa shape index (κ2) is 12.9. The van der Waals surface area contributed by atoms with Crippen LogP contribution < -0.4 is 5.32 Å². The van der Waals surface area contributed by atoms with Crippen molar-refractivity contribution in [3.05, 3.63) is 12.2 Å². The third kappa shape index (κ3) is 13.4. The molecule has 9 heteroatoms. The van der Waals surface area contributed by atoms with Gasteiger partial charge in [0.15, 0.2) is 0 Å². The molecule has 0 atom stereocenters. The molecule has 0 aromatic carbocycles. The van der Waals surface area contributed by atoms with E-state index in [9.17, 15) is 19.2 Å². The van der Waals surface area contributed by atoms with Crippen LogP contribution in [-0.2, 0) is 38.1 Å². The van der Waals surface area contributed by atoms with Gasteiger partial charge in [-0.1, -0.05) is 6.58 Å². The quantitative estimate of drug-likeness (QED) is 0.214. The number of ether oxygens (including phenoxy) is 4. The molecule has 0 aliphatic heterocycles. The highest BCUT2D eigenvalue weighted by Gasteiger charge is 2.22. The molecule has 0 rings (SSSR count). The Morgan fingerprint density at radius 2 is 1.59 bits per heavy atom. The van der Waals surface area contributed by atoms with E-state index < -0.39 is 23.5 Å². The molecular weight excluding hydrogens is 358 g/mol.